The second-order valence-corrected chi connectivity index (χ2v) is 6.62. The van der Waals surface area contributed by atoms with E-state index in [0.29, 0.717) is 5.92 Å². The van der Waals surface area contributed by atoms with Crippen molar-refractivity contribution in [1.82, 2.24) is 20.6 Å². The third-order valence-corrected chi connectivity index (χ3v) is 4.41. The Kier molecular flexibility index (Phi) is 8.96. The maximum atomic E-state index is 9.18. The smallest absolute Gasteiger partial charge is 0.191 e. The summed E-state index contributed by atoms with van der Waals surface area (Å²) < 4.78 is 0. The fourth-order valence-electron chi connectivity index (χ4n) is 3.07. The molecular formula is C20H33N5O. The Morgan fingerprint density at radius 3 is 2.81 bits per heavy atom. The van der Waals surface area contributed by atoms with Gasteiger partial charge in [-0.1, -0.05) is 25.5 Å². The summed E-state index contributed by atoms with van der Waals surface area (Å²) in [6.07, 6.45) is 4.95. The molecule has 1 heterocycles. The van der Waals surface area contributed by atoms with Crippen LogP contribution in [0.3, 0.4) is 0 Å². The molecule has 0 saturated carbocycles. The number of guanidine groups is 1. The molecular weight excluding hydrogens is 326 g/mol. The largest absolute Gasteiger partial charge is 0.396 e. The lowest BCUT2D eigenvalue weighted by atomic mass is 10.0. The van der Waals surface area contributed by atoms with E-state index < -0.39 is 0 Å². The zero-order chi connectivity index (χ0) is 18.6. The van der Waals surface area contributed by atoms with Crippen LogP contribution >= 0.6 is 0 Å². The van der Waals surface area contributed by atoms with Crippen LogP contribution in [-0.4, -0.2) is 47.3 Å². The Hall–Kier alpha value is -2.08. The number of H-pyrrole nitrogens is 1. The van der Waals surface area contributed by atoms with Crippen LogP contribution < -0.4 is 10.6 Å². The molecule has 0 aliphatic rings. The van der Waals surface area contributed by atoms with Crippen molar-refractivity contribution in [1.29, 1.82) is 0 Å². The van der Waals surface area contributed by atoms with E-state index >= 15 is 0 Å². The number of benzene rings is 1. The van der Waals surface area contributed by atoms with Crippen LogP contribution in [-0.2, 0) is 6.42 Å². The first-order valence-electron chi connectivity index (χ1n) is 9.83. The van der Waals surface area contributed by atoms with E-state index in [4.69, 9.17) is 4.99 Å². The van der Waals surface area contributed by atoms with Crippen molar-refractivity contribution in [2.75, 3.05) is 26.2 Å². The molecule has 0 spiro atoms. The molecule has 0 aliphatic heterocycles. The van der Waals surface area contributed by atoms with Gasteiger partial charge in [-0.05, 0) is 44.2 Å². The molecule has 4 N–H and O–H groups in total. The van der Waals surface area contributed by atoms with Crippen molar-refractivity contribution in [3.63, 3.8) is 0 Å². The standard InChI is InChI=1S/C20H33N5O/c1-3-8-16(12-14-26)15-23-20(21-4-2)22-13-7-11-19-24-17-9-5-6-10-18(17)25-19/h5-6,9-10,16,26H,3-4,7-8,11-15H2,1-2H3,(H,24,25)(H2,21,22,23). The van der Waals surface area contributed by atoms with Crippen LogP contribution in [0.25, 0.3) is 11.0 Å². The molecule has 0 bridgehead atoms. The first-order valence-corrected chi connectivity index (χ1v) is 9.83. The second kappa shape index (κ2) is 11.5. The number of nitrogens with one attached hydrogen (secondary N) is 3. The Morgan fingerprint density at radius 2 is 2.08 bits per heavy atom. The first-order chi connectivity index (χ1) is 12.8. The van der Waals surface area contributed by atoms with Gasteiger partial charge in [0.25, 0.3) is 0 Å². The number of aliphatic hydroxyl groups excluding tert-OH is 1. The van der Waals surface area contributed by atoms with Crippen molar-refractivity contribution in [2.45, 2.75) is 46.0 Å². The minimum atomic E-state index is 0.238. The molecule has 0 radical (unpaired) electrons. The Labute approximate surface area is 156 Å². The molecule has 1 aromatic carbocycles. The molecule has 1 unspecified atom stereocenters. The van der Waals surface area contributed by atoms with Crippen molar-refractivity contribution in [3.8, 4) is 0 Å². The number of aromatic nitrogens is 2. The number of imidazole rings is 1. The van der Waals surface area contributed by atoms with E-state index in [1.165, 1.54) is 0 Å². The van der Waals surface area contributed by atoms with E-state index in [0.717, 1.165) is 74.6 Å². The molecule has 6 heteroatoms. The van der Waals surface area contributed by atoms with Crippen LogP contribution in [0.2, 0.25) is 0 Å². The molecule has 26 heavy (non-hydrogen) atoms. The van der Waals surface area contributed by atoms with Crippen LogP contribution in [0.4, 0.5) is 0 Å². The van der Waals surface area contributed by atoms with Gasteiger partial charge in [-0.25, -0.2) is 4.98 Å². The van der Waals surface area contributed by atoms with Gasteiger partial charge in [0, 0.05) is 32.7 Å². The summed E-state index contributed by atoms with van der Waals surface area (Å²) in [7, 11) is 0. The predicted octanol–water partition coefficient (Wildman–Crippen LogP) is 2.85. The van der Waals surface area contributed by atoms with E-state index in [2.05, 4.69) is 40.5 Å². The minimum Gasteiger partial charge on any atom is -0.396 e. The molecule has 144 valence electrons. The lowest BCUT2D eigenvalue weighted by Crippen LogP contribution is -2.38. The Balaban J connectivity index is 1.78. The van der Waals surface area contributed by atoms with Crippen molar-refractivity contribution in [3.05, 3.63) is 30.1 Å². The number of aliphatic hydroxyl groups is 1. The molecule has 6 nitrogen and oxygen atoms in total. The lowest BCUT2D eigenvalue weighted by Gasteiger charge is -2.15. The monoisotopic (exact) mass is 359 g/mol. The molecule has 1 aromatic heterocycles. The summed E-state index contributed by atoms with van der Waals surface area (Å²) in [5.41, 5.74) is 2.12. The van der Waals surface area contributed by atoms with Crippen LogP contribution in [0, 0.1) is 5.92 Å². The summed E-state index contributed by atoms with van der Waals surface area (Å²) in [4.78, 5) is 12.7. The van der Waals surface area contributed by atoms with Gasteiger partial charge in [0.05, 0.1) is 11.0 Å². The highest BCUT2D eigenvalue weighted by molar-refractivity contribution is 5.79. The third-order valence-electron chi connectivity index (χ3n) is 4.41. The Bertz CT molecular complexity index is 628. The maximum Gasteiger partial charge on any atom is 0.191 e. The average Bonchev–Trinajstić information content (AvgIpc) is 3.06. The van der Waals surface area contributed by atoms with Gasteiger partial charge in [0.2, 0.25) is 0 Å². The third kappa shape index (κ3) is 6.67. The summed E-state index contributed by atoms with van der Waals surface area (Å²) in [6, 6.07) is 8.12. The summed E-state index contributed by atoms with van der Waals surface area (Å²) in [5, 5.41) is 15.9. The van der Waals surface area contributed by atoms with Gasteiger partial charge in [0.15, 0.2) is 5.96 Å². The number of hydrogen-bond donors (Lipinski definition) is 4. The number of hydrogen-bond acceptors (Lipinski definition) is 3. The fraction of sp³-hybridized carbons (Fsp3) is 0.600. The zero-order valence-electron chi connectivity index (χ0n) is 16.1. The summed E-state index contributed by atoms with van der Waals surface area (Å²) >= 11 is 0. The van der Waals surface area contributed by atoms with E-state index in [9.17, 15) is 5.11 Å². The lowest BCUT2D eigenvalue weighted by molar-refractivity contribution is 0.253. The summed E-state index contributed by atoms with van der Waals surface area (Å²) in [5.74, 6) is 2.34. The predicted molar refractivity (Wildman–Crippen MR) is 108 cm³/mol. The fourth-order valence-corrected chi connectivity index (χ4v) is 3.07. The van der Waals surface area contributed by atoms with Gasteiger partial charge < -0.3 is 20.7 Å². The van der Waals surface area contributed by atoms with Crippen molar-refractivity contribution in [2.24, 2.45) is 10.9 Å². The van der Waals surface area contributed by atoms with E-state index in [-0.39, 0.29) is 6.61 Å². The zero-order valence-corrected chi connectivity index (χ0v) is 16.1. The number of para-hydroxylation sites is 2. The van der Waals surface area contributed by atoms with Crippen molar-refractivity contribution < 1.29 is 5.11 Å². The van der Waals surface area contributed by atoms with Crippen LogP contribution in [0.15, 0.2) is 29.3 Å². The molecule has 0 saturated heterocycles. The molecule has 0 aliphatic carbocycles. The Morgan fingerprint density at radius 1 is 1.23 bits per heavy atom. The van der Waals surface area contributed by atoms with E-state index in [1.54, 1.807) is 0 Å². The molecule has 2 rings (SSSR count). The number of aliphatic imine (C=N–C) groups is 1. The highest BCUT2D eigenvalue weighted by Gasteiger charge is 2.07. The number of fused-ring (bicyclic) bond motifs is 1. The quantitative estimate of drug-likeness (QED) is 0.282. The van der Waals surface area contributed by atoms with Gasteiger partial charge in [0.1, 0.15) is 5.82 Å². The average molecular weight is 360 g/mol. The minimum absolute atomic E-state index is 0.238. The van der Waals surface area contributed by atoms with Gasteiger partial charge >= 0.3 is 0 Å². The van der Waals surface area contributed by atoms with Crippen molar-refractivity contribution >= 4 is 17.0 Å². The topological polar surface area (TPSA) is 85.3 Å². The maximum absolute atomic E-state index is 9.18. The SMILES string of the molecule is CCCC(CCO)CN=C(NCC)NCCCc1nc2ccccc2[nH]1. The number of rotatable bonds is 11. The first kappa shape index (κ1) is 20.2. The van der Waals surface area contributed by atoms with E-state index in [1.807, 2.05) is 18.2 Å². The van der Waals surface area contributed by atoms with Crippen LogP contribution in [0.1, 0.15) is 45.4 Å². The number of nitrogens with zero attached hydrogens (tertiary/aromatic N) is 2. The number of aryl methyl sites for hydroxylation is 1. The second-order valence-electron chi connectivity index (χ2n) is 6.62. The molecule has 2 aromatic rings. The van der Waals surface area contributed by atoms with Gasteiger partial charge in [-0.2, -0.15) is 0 Å². The highest BCUT2D eigenvalue weighted by atomic mass is 16.3. The summed E-state index contributed by atoms with van der Waals surface area (Å²) in [6.45, 7) is 6.93. The van der Waals surface area contributed by atoms with Gasteiger partial charge in [-0.15, -0.1) is 0 Å². The highest BCUT2D eigenvalue weighted by Crippen LogP contribution is 2.12. The molecule has 0 fully saturated rings. The normalized spacial score (nSPS) is 13.1. The molecule has 0 amide bonds. The molecule has 1 atom stereocenters. The number of aromatic amines is 1. The van der Waals surface area contributed by atoms with Crippen LogP contribution in [0.5, 0.6) is 0 Å². The van der Waals surface area contributed by atoms with Gasteiger partial charge in [-0.3, -0.25) is 4.99 Å².